The molecule has 1 aliphatic heterocycles. The van der Waals surface area contributed by atoms with Gasteiger partial charge in [0.05, 0.1) is 0 Å². The lowest BCUT2D eigenvalue weighted by Crippen LogP contribution is -2.35. The summed E-state index contributed by atoms with van der Waals surface area (Å²) in [5.41, 5.74) is 1.26. The predicted molar refractivity (Wildman–Crippen MR) is 92.3 cm³/mol. The Morgan fingerprint density at radius 3 is 2.71 bits per heavy atom. The van der Waals surface area contributed by atoms with Crippen LogP contribution < -0.4 is 4.74 Å². The van der Waals surface area contributed by atoms with Crippen molar-refractivity contribution in [1.29, 1.82) is 0 Å². The van der Waals surface area contributed by atoms with Crippen LogP contribution in [0.2, 0.25) is 0 Å². The zero-order valence-electron chi connectivity index (χ0n) is 13.7. The molecule has 1 aliphatic rings. The second-order valence-electron chi connectivity index (χ2n) is 6.17. The van der Waals surface area contributed by atoms with E-state index in [0.29, 0.717) is 12.4 Å². The van der Waals surface area contributed by atoms with Gasteiger partial charge in [-0.1, -0.05) is 18.1 Å². The highest BCUT2D eigenvalue weighted by molar-refractivity contribution is 5.27. The molecule has 126 valence electrons. The van der Waals surface area contributed by atoms with E-state index >= 15 is 0 Å². The molecule has 1 fully saturated rings. The van der Waals surface area contributed by atoms with Gasteiger partial charge >= 0.3 is 0 Å². The lowest BCUT2D eigenvalue weighted by atomic mass is 9.90. The number of hydrogen-bond acceptors (Lipinski definition) is 4. The molecule has 2 heterocycles. The number of aliphatic hydroxyl groups is 1. The van der Waals surface area contributed by atoms with Crippen molar-refractivity contribution in [3.63, 3.8) is 0 Å². The quantitative estimate of drug-likeness (QED) is 0.801. The Kier molecular flexibility index (Phi) is 5.52. The standard InChI is InChI=1S/C19H23N3O2/c1-2-13-24-17-5-3-15(4-6-17)14-22-11-7-16(8-12-22)18(23)19-20-9-10-21-19/h1,3-6,9-10,16,18,23H,7-8,11-14H2,(H,20,21)/t18-/m1/s1. The Bertz CT molecular complexity index is 653. The van der Waals surface area contributed by atoms with E-state index in [0.717, 1.165) is 38.2 Å². The first-order valence-electron chi connectivity index (χ1n) is 8.31. The number of likely N-dealkylation sites (tertiary alicyclic amines) is 1. The van der Waals surface area contributed by atoms with Gasteiger partial charge in [-0.15, -0.1) is 6.42 Å². The van der Waals surface area contributed by atoms with Crippen LogP contribution in [0, 0.1) is 18.3 Å². The normalized spacial score (nSPS) is 17.3. The number of nitrogens with one attached hydrogen (secondary N) is 1. The molecule has 24 heavy (non-hydrogen) atoms. The maximum absolute atomic E-state index is 10.4. The summed E-state index contributed by atoms with van der Waals surface area (Å²) in [4.78, 5) is 9.59. The second-order valence-corrected chi connectivity index (χ2v) is 6.17. The van der Waals surface area contributed by atoms with Gasteiger partial charge in [-0.3, -0.25) is 4.90 Å². The topological polar surface area (TPSA) is 61.4 Å². The minimum absolute atomic E-state index is 0.270. The lowest BCUT2D eigenvalue weighted by molar-refractivity contribution is 0.0515. The Balaban J connectivity index is 1.48. The number of ether oxygens (including phenoxy) is 1. The molecule has 0 unspecified atom stereocenters. The van der Waals surface area contributed by atoms with Crippen molar-refractivity contribution in [3.8, 4) is 18.1 Å². The SMILES string of the molecule is C#CCOc1ccc(CN2CCC([C@@H](O)c3ncc[nH]3)CC2)cc1. The van der Waals surface area contributed by atoms with Gasteiger partial charge in [0.2, 0.25) is 0 Å². The Hall–Kier alpha value is -2.29. The predicted octanol–water partition coefficient (Wildman–Crippen LogP) is 2.37. The van der Waals surface area contributed by atoms with Gasteiger partial charge in [0, 0.05) is 18.9 Å². The van der Waals surface area contributed by atoms with Crippen LogP contribution in [0.25, 0.3) is 0 Å². The van der Waals surface area contributed by atoms with E-state index in [2.05, 4.69) is 32.9 Å². The van der Waals surface area contributed by atoms with Gasteiger partial charge < -0.3 is 14.8 Å². The number of H-pyrrole nitrogens is 1. The number of rotatable bonds is 6. The van der Waals surface area contributed by atoms with Crippen molar-refractivity contribution in [1.82, 2.24) is 14.9 Å². The summed E-state index contributed by atoms with van der Waals surface area (Å²) in [6.45, 7) is 3.18. The molecule has 1 saturated heterocycles. The van der Waals surface area contributed by atoms with Crippen molar-refractivity contribution < 1.29 is 9.84 Å². The van der Waals surface area contributed by atoms with E-state index in [1.54, 1.807) is 12.4 Å². The number of benzene rings is 1. The van der Waals surface area contributed by atoms with Gasteiger partial charge in [-0.2, -0.15) is 0 Å². The first-order chi connectivity index (χ1) is 11.8. The largest absolute Gasteiger partial charge is 0.481 e. The van der Waals surface area contributed by atoms with Crippen LogP contribution in [0.4, 0.5) is 0 Å². The van der Waals surface area contributed by atoms with Gasteiger partial charge in [-0.25, -0.2) is 4.98 Å². The average Bonchev–Trinajstić information content (AvgIpc) is 3.16. The van der Waals surface area contributed by atoms with Crippen molar-refractivity contribution in [2.24, 2.45) is 5.92 Å². The van der Waals surface area contributed by atoms with Crippen molar-refractivity contribution in [2.75, 3.05) is 19.7 Å². The lowest BCUT2D eigenvalue weighted by Gasteiger charge is -2.33. The van der Waals surface area contributed by atoms with Gasteiger partial charge in [0.25, 0.3) is 0 Å². The molecule has 0 saturated carbocycles. The molecule has 0 aliphatic carbocycles. The summed E-state index contributed by atoms with van der Waals surface area (Å²) in [5, 5.41) is 10.4. The Morgan fingerprint density at radius 2 is 2.08 bits per heavy atom. The smallest absolute Gasteiger partial charge is 0.148 e. The molecule has 0 spiro atoms. The second kappa shape index (κ2) is 8.00. The van der Waals surface area contributed by atoms with Crippen molar-refractivity contribution in [3.05, 3.63) is 48.0 Å². The number of nitrogens with zero attached hydrogens (tertiary/aromatic N) is 2. The zero-order valence-corrected chi connectivity index (χ0v) is 13.7. The number of piperidine rings is 1. The highest BCUT2D eigenvalue weighted by atomic mass is 16.5. The minimum atomic E-state index is -0.491. The van der Waals surface area contributed by atoms with Crippen LogP contribution in [0.15, 0.2) is 36.7 Å². The average molecular weight is 325 g/mol. The van der Waals surface area contributed by atoms with Crippen molar-refractivity contribution in [2.45, 2.75) is 25.5 Å². The van der Waals surface area contributed by atoms with Crippen LogP contribution in [0.5, 0.6) is 5.75 Å². The Morgan fingerprint density at radius 1 is 1.33 bits per heavy atom. The third-order valence-corrected chi connectivity index (χ3v) is 4.53. The summed E-state index contributed by atoms with van der Waals surface area (Å²) in [6.07, 6.45) is 10.1. The van der Waals surface area contributed by atoms with Gasteiger partial charge in [-0.05, 0) is 49.5 Å². The molecule has 0 radical (unpaired) electrons. The summed E-state index contributed by atoms with van der Waals surface area (Å²) in [6, 6.07) is 8.07. The molecule has 1 aromatic heterocycles. The van der Waals surface area contributed by atoms with Gasteiger partial charge in [0.1, 0.15) is 24.3 Å². The van der Waals surface area contributed by atoms with Crippen LogP contribution in [0.3, 0.4) is 0 Å². The highest BCUT2D eigenvalue weighted by Crippen LogP contribution is 2.29. The number of hydrogen-bond donors (Lipinski definition) is 2. The van der Waals surface area contributed by atoms with Crippen LogP contribution in [0.1, 0.15) is 30.3 Å². The third kappa shape index (κ3) is 4.16. The van der Waals surface area contributed by atoms with Crippen LogP contribution in [-0.4, -0.2) is 39.7 Å². The summed E-state index contributed by atoms with van der Waals surface area (Å²) in [5.74, 6) is 4.21. The minimum Gasteiger partial charge on any atom is -0.481 e. The number of aliphatic hydroxyl groups excluding tert-OH is 1. The van der Waals surface area contributed by atoms with E-state index in [1.807, 2.05) is 12.1 Å². The third-order valence-electron chi connectivity index (χ3n) is 4.53. The van der Waals surface area contributed by atoms with E-state index in [9.17, 15) is 5.11 Å². The molecular formula is C19H23N3O2. The first-order valence-corrected chi connectivity index (χ1v) is 8.31. The van der Waals surface area contributed by atoms with E-state index in [1.165, 1.54) is 5.56 Å². The fraction of sp³-hybridized carbons (Fsp3) is 0.421. The molecule has 3 rings (SSSR count). The summed E-state index contributed by atoms with van der Waals surface area (Å²) in [7, 11) is 0. The molecule has 2 aromatic rings. The van der Waals surface area contributed by atoms with E-state index < -0.39 is 6.10 Å². The van der Waals surface area contributed by atoms with Gasteiger partial charge in [0.15, 0.2) is 0 Å². The molecule has 5 nitrogen and oxygen atoms in total. The molecule has 0 bridgehead atoms. The fourth-order valence-corrected chi connectivity index (χ4v) is 3.16. The first kappa shape index (κ1) is 16.6. The van der Waals surface area contributed by atoms with E-state index in [4.69, 9.17) is 11.2 Å². The molecule has 1 aromatic carbocycles. The molecule has 0 amide bonds. The molecular weight excluding hydrogens is 302 g/mol. The monoisotopic (exact) mass is 325 g/mol. The summed E-state index contributed by atoms with van der Waals surface area (Å²) < 4.78 is 5.39. The number of imidazole rings is 1. The summed E-state index contributed by atoms with van der Waals surface area (Å²) >= 11 is 0. The van der Waals surface area contributed by atoms with Crippen LogP contribution in [-0.2, 0) is 6.54 Å². The molecule has 1 atom stereocenters. The number of aromatic amines is 1. The highest BCUT2D eigenvalue weighted by Gasteiger charge is 2.27. The molecule has 2 N–H and O–H groups in total. The maximum atomic E-state index is 10.4. The Labute approximate surface area is 142 Å². The van der Waals surface area contributed by atoms with E-state index in [-0.39, 0.29) is 5.92 Å². The molecule has 5 heteroatoms. The fourth-order valence-electron chi connectivity index (χ4n) is 3.16. The van der Waals surface area contributed by atoms with Crippen molar-refractivity contribution >= 4 is 0 Å². The number of aromatic nitrogens is 2. The maximum Gasteiger partial charge on any atom is 0.148 e. The number of terminal acetylenes is 1. The van der Waals surface area contributed by atoms with Crippen LogP contribution >= 0.6 is 0 Å². The zero-order chi connectivity index (χ0) is 16.8.